The van der Waals surface area contributed by atoms with E-state index in [0.29, 0.717) is 49.9 Å². The van der Waals surface area contributed by atoms with Gasteiger partial charge in [0.1, 0.15) is 24.3 Å². The number of aldehydes is 2. The van der Waals surface area contributed by atoms with Crippen molar-refractivity contribution in [2.75, 3.05) is 26.0 Å². The molecule has 0 spiro atoms. The zero-order valence-corrected chi connectivity index (χ0v) is 32.7. The number of hydrogen-bond acceptors (Lipinski definition) is 8. The van der Waals surface area contributed by atoms with Crippen molar-refractivity contribution in [3.05, 3.63) is 66.4 Å². The van der Waals surface area contributed by atoms with Gasteiger partial charge in [0.15, 0.2) is 0 Å². The lowest BCUT2D eigenvalue weighted by Crippen LogP contribution is -2.45. The Hall–Kier alpha value is -4.81. The van der Waals surface area contributed by atoms with Gasteiger partial charge in [-0.1, -0.05) is 101 Å². The molecule has 2 unspecified atom stereocenters. The molecule has 0 aliphatic rings. The molecular weight excluding hydrogens is 660 g/mol. The SMILES string of the molecule is CC.CC(=O)NC(C=O)CCC=O.CCCC.CNc1c(-c2ccccc2)c(-c2ccccc2)n(C(C)C)c1C(=O)NC(CCCN)C(N)=O.CO. The monoisotopic (exact) mass is 724 g/mol. The first kappa shape index (κ1) is 49.3. The minimum absolute atomic E-state index is 0.0263. The minimum Gasteiger partial charge on any atom is -0.400 e. The first-order valence-electron chi connectivity index (χ1n) is 18.0. The van der Waals surface area contributed by atoms with Gasteiger partial charge in [0.25, 0.3) is 5.91 Å². The second-order valence-electron chi connectivity index (χ2n) is 11.4. The molecule has 0 fully saturated rings. The summed E-state index contributed by atoms with van der Waals surface area (Å²) in [6.07, 6.45) is 5.65. The predicted molar refractivity (Wildman–Crippen MR) is 213 cm³/mol. The van der Waals surface area contributed by atoms with E-state index in [4.69, 9.17) is 16.6 Å². The maximum atomic E-state index is 13.6. The molecule has 12 heteroatoms. The van der Waals surface area contributed by atoms with E-state index in [0.717, 1.165) is 35.8 Å². The molecule has 0 aliphatic carbocycles. The minimum atomic E-state index is -0.790. The van der Waals surface area contributed by atoms with E-state index in [1.54, 1.807) is 7.05 Å². The average Bonchev–Trinajstić information content (AvgIpc) is 3.53. The molecule has 1 aromatic heterocycles. The largest absolute Gasteiger partial charge is 0.400 e. The van der Waals surface area contributed by atoms with E-state index in [1.807, 2.05) is 92.9 Å². The number of aromatic nitrogens is 1. The normalized spacial score (nSPS) is 10.8. The lowest BCUT2D eigenvalue weighted by molar-refractivity contribution is -0.122. The fraction of sp³-hybridized carbons (Fsp3) is 0.475. The molecule has 1 heterocycles. The number of anilines is 1. The van der Waals surface area contributed by atoms with Crippen LogP contribution >= 0.6 is 0 Å². The molecule has 52 heavy (non-hydrogen) atoms. The van der Waals surface area contributed by atoms with Crippen molar-refractivity contribution in [1.82, 2.24) is 15.2 Å². The lowest BCUT2D eigenvalue weighted by Gasteiger charge is -2.20. The Morgan fingerprint density at radius 2 is 1.38 bits per heavy atom. The predicted octanol–water partition coefficient (Wildman–Crippen LogP) is 5.88. The fourth-order valence-electron chi connectivity index (χ4n) is 4.85. The van der Waals surface area contributed by atoms with Crippen LogP contribution in [0.15, 0.2) is 60.7 Å². The highest BCUT2D eigenvalue weighted by Gasteiger charge is 2.31. The molecule has 12 nitrogen and oxygen atoms in total. The second kappa shape index (κ2) is 29.9. The number of carbonyl (C=O) groups excluding carboxylic acids is 5. The van der Waals surface area contributed by atoms with Crippen LogP contribution in [0.3, 0.4) is 0 Å². The summed E-state index contributed by atoms with van der Waals surface area (Å²) < 4.78 is 2.03. The summed E-state index contributed by atoms with van der Waals surface area (Å²) >= 11 is 0. The van der Waals surface area contributed by atoms with E-state index in [-0.39, 0.29) is 17.9 Å². The number of primary amides is 1. The van der Waals surface area contributed by atoms with Gasteiger partial charge in [0, 0.05) is 39.1 Å². The summed E-state index contributed by atoms with van der Waals surface area (Å²) in [5.41, 5.74) is 16.2. The second-order valence-corrected chi connectivity index (χ2v) is 11.4. The Morgan fingerprint density at radius 1 is 0.865 bits per heavy atom. The summed E-state index contributed by atoms with van der Waals surface area (Å²) in [6, 6.07) is 18.7. The molecule has 2 atom stereocenters. The number of nitrogens with two attached hydrogens (primary N) is 2. The number of hydrogen-bond donors (Lipinski definition) is 6. The highest BCUT2D eigenvalue weighted by molar-refractivity contribution is 6.07. The first-order valence-corrected chi connectivity index (χ1v) is 18.0. The average molecular weight is 725 g/mol. The van der Waals surface area contributed by atoms with E-state index in [9.17, 15) is 24.0 Å². The number of amides is 3. The third-order valence-electron chi connectivity index (χ3n) is 7.29. The number of aliphatic hydroxyl groups excluding tert-OH is 1. The molecule has 0 aliphatic heterocycles. The van der Waals surface area contributed by atoms with Crippen molar-refractivity contribution in [2.45, 2.75) is 105 Å². The van der Waals surface area contributed by atoms with Crippen LogP contribution in [0, 0.1) is 0 Å². The molecule has 0 saturated carbocycles. The van der Waals surface area contributed by atoms with Crippen molar-refractivity contribution in [1.29, 1.82) is 0 Å². The molecule has 290 valence electrons. The number of aliphatic hydroxyl groups is 1. The third-order valence-corrected chi connectivity index (χ3v) is 7.29. The van der Waals surface area contributed by atoms with Crippen LogP contribution in [0.1, 0.15) is 104 Å². The van der Waals surface area contributed by atoms with Crippen LogP contribution in [0.5, 0.6) is 0 Å². The van der Waals surface area contributed by atoms with Crippen molar-refractivity contribution >= 4 is 36.0 Å². The Bertz CT molecular complexity index is 1430. The van der Waals surface area contributed by atoms with Crippen LogP contribution < -0.4 is 27.4 Å². The number of nitrogens with zero attached hydrogens (tertiary/aromatic N) is 1. The van der Waals surface area contributed by atoms with Gasteiger partial charge in [-0.05, 0) is 50.8 Å². The number of benzene rings is 2. The quantitative estimate of drug-likeness (QED) is 0.0985. The van der Waals surface area contributed by atoms with Crippen molar-refractivity contribution < 1.29 is 29.1 Å². The molecule has 3 rings (SSSR count). The van der Waals surface area contributed by atoms with Crippen LogP contribution in [0.2, 0.25) is 0 Å². The number of rotatable bonds is 16. The van der Waals surface area contributed by atoms with Gasteiger partial charge >= 0.3 is 0 Å². The molecule has 8 N–H and O–H groups in total. The maximum absolute atomic E-state index is 13.6. The molecule has 2 aromatic carbocycles. The standard InChI is InChI=1S/C26H33N5O2.C7H11NO3.C4H10.C2H6.CH4O/c1-17(2)31-23(19-13-8-5-9-14-19)21(18-11-6-4-7-12-18)22(29-3)24(31)26(33)30-20(25(28)32)15-10-16-27;1-6(11)8-7(5-10)3-2-4-9;1-3-4-2;2*1-2/h4-9,11-14,17,20,29H,10,15-16,27H2,1-3H3,(H2,28,32)(H,30,33);4-5,7H,2-3H2,1H3,(H,8,11);3-4H2,1-2H3;1-2H3;2H,1H3. The van der Waals surface area contributed by atoms with Crippen molar-refractivity contribution in [2.24, 2.45) is 11.5 Å². The van der Waals surface area contributed by atoms with E-state index < -0.39 is 18.0 Å². The molecule has 0 radical (unpaired) electrons. The van der Waals surface area contributed by atoms with Crippen molar-refractivity contribution in [3.8, 4) is 22.4 Å². The van der Waals surface area contributed by atoms with Crippen LogP contribution in [0.4, 0.5) is 5.69 Å². The summed E-state index contributed by atoms with van der Waals surface area (Å²) in [5, 5.41) is 15.5. The van der Waals surface area contributed by atoms with Crippen LogP contribution in [0.25, 0.3) is 22.4 Å². The topological polar surface area (TPSA) is 199 Å². The van der Waals surface area contributed by atoms with Gasteiger partial charge in [-0.3, -0.25) is 14.4 Å². The Balaban J connectivity index is 0. The summed E-state index contributed by atoms with van der Waals surface area (Å²) in [6.45, 7) is 14.2. The Kier molecular flexibility index (Phi) is 28.3. The smallest absolute Gasteiger partial charge is 0.270 e. The zero-order chi connectivity index (χ0) is 40.1. The lowest BCUT2D eigenvalue weighted by atomic mass is 9.99. The van der Waals surface area contributed by atoms with Crippen LogP contribution in [-0.2, 0) is 19.2 Å². The van der Waals surface area contributed by atoms with Gasteiger partial charge in [0.05, 0.1) is 17.4 Å². The number of carbonyl (C=O) groups is 5. The molecular formula is C40H64N6O6. The van der Waals surface area contributed by atoms with Crippen molar-refractivity contribution in [3.63, 3.8) is 0 Å². The van der Waals surface area contributed by atoms with E-state index in [1.165, 1.54) is 19.8 Å². The fourth-order valence-corrected chi connectivity index (χ4v) is 4.85. The zero-order valence-electron chi connectivity index (χ0n) is 32.7. The molecule has 0 bridgehead atoms. The van der Waals surface area contributed by atoms with Gasteiger partial charge in [-0.2, -0.15) is 0 Å². The summed E-state index contributed by atoms with van der Waals surface area (Å²) in [4.78, 5) is 56.2. The maximum Gasteiger partial charge on any atom is 0.270 e. The number of unbranched alkanes of at least 4 members (excludes halogenated alkanes) is 1. The summed E-state index contributed by atoms with van der Waals surface area (Å²) in [7, 11) is 2.80. The molecule has 3 amide bonds. The highest BCUT2D eigenvalue weighted by atomic mass is 16.2. The number of nitrogens with one attached hydrogen (secondary N) is 3. The van der Waals surface area contributed by atoms with Crippen LogP contribution in [-0.4, -0.2) is 72.8 Å². The Morgan fingerprint density at radius 3 is 1.77 bits per heavy atom. The van der Waals surface area contributed by atoms with Gasteiger partial charge < -0.3 is 46.7 Å². The molecule has 0 saturated heterocycles. The molecule has 3 aromatic rings. The van der Waals surface area contributed by atoms with E-state index >= 15 is 0 Å². The first-order chi connectivity index (χ1) is 25.0. The van der Waals surface area contributed by atoms with E-state index in [2.05, 4.69) is 29.8 Å². The van der Waals surface area contributed by atoms with Gasteiger partial charge in [-0.15, -0.1) is 0 Å². The van der Waals surface area contributed by atoms with Gasteiger partial charge in [-0.25, -0.2) is 0 Å². The third kappa shape index (κ3) is 16.9. The Labute approximate surface area is 311 Å². The highest BCUT2D eigenvalue weighted by Crippen LogP contribution is 2.44. The van der Waals surface area contributed by atoms with Gasteiger partial charge in [0.2, 0.25) is 11.8 Å². The summed E-state index contributed by atoms with van der Waals surface area (Å²) in [5.74, 6) is -1.18.